The van der Waals surface area contributed by atoms with E-state index in [0.717, 1.165) is 5.56 Å². The van der Waals surface area contributed by atoms with E-state index in [1.165, 1.54) is 6.33 Å². The Kier molecular flexibility index (Phi) is 4.07. The lowest BCUT2D eigenvalue weighted by Crippen LogP contribution is -2.56. The SMILES string of the molecule is CN1CCN(C(=O)c2ccc(-c3ncn[nH]3)cc2)CC1C(=O)O. The number of hydrogen-bond acceptors (Lipinski definition) is 5. The first-order valence-corrected chi connectivity index (χ1v) is 7.24. The minimum Gasteiger partial charge on any atom is -0.480 e. The number of aromatic amines is 1. The van der Waals surface area contributed by atoms with Crippen molar-refractivity contribution in [3.8, 4) is 11.4 Å². The van der Waals surface area contributed by atoms with Crippen molar-refractivity contribution in [2.24, 2.45) is 0 Å². The number of carboxylic acid groups (broad SMARTS) is 1. The maximum absolute atomic E-state index is 12.6. The molecule has 1 saturated heterocycles. The molecule has 1 aliphatic rings. The zero-order valence-electron chi connectivity index (χ0n) is 12.6. The minimum absolute atomic E-state index is 0.159. The summed E-state index contributed by atoms with van der Waals surface area (Å²) >= 11 is 0. The second-order valence-corrected chi connectivity index (χ2v) is 5.50. The molecule has 8 heteroatoms. The number of likely N-dealkylation sites (N-methyl/N-ethyl adjacent to an activating group) is 1. The molecule has 1 amide bonds. The number of carbonyl (C=O) groups is 2. The van der Waals surface area contributed by atoms with E-state index >= 15 is 0 Å². The van der Waals surface area contributed by atoms with Crippen molar-refractivity contribution in [2.75, 3.05) is 26.7 Å². The van der Waals surface area contributed by atoms with Crippen LogP contribution in [-0.2, 0) is 4.79 Å². The van der Waals surface area contributed by atoms with Crippen LogP contribution in [0, 0.1) is 0 Å². The predicted molar refractivity (Wildman–Crippen MR) is 81.8 cm³/mol. The van der Waals surface area contributed by atoms with Gasteiger partial charge in [0.25, 0.3) is 5.91 Å². The smallest absolute Gasteiger partial charge is 0.322 e. The van der Waals surface area contributed by atoms with Crippen LogP contribution in [0.3, 0.4) is 0 Å². The van der Waals surface area contributed by atoms with Crippen LogP contribution >= 0.6 is 0 Å². The van der Waals surface area contributed by atoms with Crippen LogP contribution in [0.25, 0.3) is 11.4 Å². The molecule has 2 N–H and O–H groups in total. The van der Waals surface area contributed by atoms with Crippen LogP contribution in [0.2, 0.25) is 0 Å². The summed E-state index contributed by atoms with van der Waals surface area (Å²) in [4.78, 5) is 31.2. The average molecular weight is 315 g/mol. The van der Waals surface area contributed by atoms with Gasteiger partial charge in [0.05, 0.1) is 0 Å². The van der Waals surface area contributed by atoms with Gasteiger partial charge in [-0.2, -0.15) is 5.10 Å². The first-order valence-electron chi connectivity index (χ1n) is 7.24. The van der Waals surface area contributed by atoms with Crippen molar-refractivity contribution >= 4 is 11.9 Å². The Labute approximate surface area is 132 Å². The average Bonchev–Trinajstić information content (AvgIpc) is 3.09. The van der Waals surface area contributed by atoms with Crippen molar-refractivity contribution in [1.29, 1.82) is 0 Å². The number of aromatic nitrogens is 3. The molecule has 1 aromatic carbocycles. The van der Waals surface area contributed by atoms with Crippen molar-refractivity contribution < 1.29 is 14.7 Å². The number of carbonyl (C=O) groups excluding carboxylic acids is 1. The first kappa shape index (κ1) is 15.2. The number of amides is 1. The zero-order chi connectivity index (χ0) is 16.4. The first-order chi connectivity index (χ1) is 11.1. The van der Waals surface area contributed by atoms with Crippen molar-refractivity contribution in [1.82, 2.24) is 25.0 Å². The lowest BCUT2D eigenvalue weighted by Gasteiger charge is -2.37. The monoisotopic (exact) mass is 315 g/mol. The Bertz CT molecular complexity index is 698. The van der Waals surface area contributed by atoms with Crippen molar-refractivity contribution in [3.05, 3.63) is 36.2 Å². The van der Waals surface area contributed by atoms with E-state index in [4.69, 9.17) is 0 Å². The van der Waals surface area contributed by atoms with Gasteiger partial charge in [0.15, 0.2) is 5.82 Å². The molecule has 0 spiro atoms. The summed E-state index contributed by atoms with van der Waals surface area (Å²) in [6.45, 7) is 1.25. The quantitative estimate of drug-likeness (QED) is 0.845. The molecule has 23 heavy (non-hydrogen) atoms. The molecule has 1 aromatic heterocycles. The number of hydrogen-bond donors (Lipinski definition) is 2. The third-order valence-corrected chi connectivity index (χ3v) is 4.04. The van der Waals surface area contributed by atoms with Gasteiger partial charge in [-0.05, 0) is 19.2 Å². The van der Waals surface area contributed by atoms with Crippen LogP contribution in [-0.4, -0.2) is 74.7 Å². The van der Waals surface area contributed by atoms with Gasteiger partial charge in [0.2, 0.25) is 0 Å². The maximum Gasteiger partial charge on any atom is 0.322 e. The fourth-order valence-corrected chi connectivity index (χ4v) is 2.62. The maximum atomic E-state index is 12.6. The van der Waals surface area contributed by atoms with Gasteiger partial charge < -0.3 is 10.0 Å². The van der Waals surface area contributed by atoms with Crippen LogP contribution < -0.4 is 0 Å². The van der Waals surface area contributed by atoms with Crippen LogP contribution in [0.15, 0.2) is 30.6 Å². The van der Waals surface area contributed by atoms with E-state index in [9.17, 15) is 14.7 Å². The summed E-state index contributed by atoms with van der Waals surface area (Å²) in [5.74, 6) is -0.436. The Balaban J connectivity index is 1.74. The Hall–Kier alpha value is -2.74. The van der Waals surface area contributed by atoms with Gasteiger partial charge >= 0.3 is 5.97 Å². The fraction of sp³-hybridized carbons (Fsp3) is 0.333. The molecule has 8 nitrogen and oxygen atoms in total. The highest BCUT2D eigenvalue weighted by Crippen LogP contribution is 2.17. The van der Waals surface area contributed by atoms with E-state index in [0.29, 0.717) is 24.5 Å². The van der Waals surface area contributed by atoms with Gasteiger partial charge in [0, 0.05) is 30.8 Å². The molecule has 0 radical (unpaired) electrons. The number of aliphatic carboxylic acids is 1. The summed E-state index contributed by atoms with van der Waals surface area (Å²) in [5.41, 5.74) is 1.36. The number of carboxylic acids is 1. The molecular formula is C15H17N5O3. The van der Waals surface area contributed by atoms with Crippen LogP contribution in [0.4, 0.5) is 0 Å². The Morgan fingerprint density at radius 3 is 2.61 bits per heavy atom. The highest BCUT2D eigenvalue weighted by atomic mass is 16.4. The lowest BCUT2D eigenvalue weighted by molar-refractivity contribution is -0.144. The molecule has 0 aliphatic carbocycles. The molecule has 120 valence electrons. The van der Waals surface area contributed by atoms with E-state index < -0.39 is 12.0 Å². The molecule has 2 aromatic rings. The highest BCUT2D eigenvalue weighted by molar-refractivity contribution is 5.95. The van der Waals surface area contributed by atoms with E-state index in [1.807, 2.05) is 0 Å². The zero-order valence-corrected chi connectivity index (χ0v) is 12.6. The lowest BCUT2D eigenvalue weighted by atomic mass is 10.1. The van der Waals surface area contributed by atoms with Gasteiger partial charge in [-0.15, -0.1) is 0 Å². The molecular weight excluding hydrogens is 298 g/mol. The molecule has 1 unspecified atom stereocenters. The summed E-state index contributed by atoms with van der Waals surface area (Å²) in [5, 5.41) is 15.8. The number of rotatable bonds is 3. The molecule has 1 fully saturated rings. The van der Waals surface area contributed by atoms with Gasteiger partial charge in [-0.25, -0.2) is 4.98 Å². The highest BCUT2D eigenvalue weighted by Gasteiger charge is 2.32. The summed E-state index contributed by atoms with van der Waals surface area (Å²) < 4.78 is 0. The third-order valence-electron chi connectivity index (χ3n) is 4.04. The van der Waals surface area contributed by atoms with Gasteiger partial charge in [0.1, 0.15) is 12.4 Å². The normalized spacial score (nSPS) is 18.8. The standard InChI is InChI=1S/C15H17N5O3/c1-19-6-7-20(8-12(19)15(22)23)14(21)11-4-2-10(3-5-11)13-16-9-17-18-13/h2-5,9,12H,6-8H2,1H3,(H,22,23)(H,16,17,18). The van der Waals surface area contributed by atoms with Crippen LogP contribution in [0.5, 0.6) is 0 Å². The predicted octanol–water partition coefficient (Wildman–Crippen LogP) is 0.312. The number of benzene rings is 1. The largest absolute Gasteiger partial charge is 0.480 e. The number of piperazine rings is 1. The molecule has 0 bridgehead atoms. The molecule has 2 heterocycles. The van der Waals surface area contributed by atoms with Crippen LogP contribution in [0.1, 0.15) is 10.4 Å². The molecule has 1 atom stereocenters. The van der Waals surface area contributed by atoms with E-state index in [2.05, 4.69) is 15.2 Å². The number of H-pyrrole nitrogens is 1. The van der Waals surface area contributed by atoms with E-state index in [1.54, 1.807) is 41.1 Å². The van der Waals surface area contributed by atoms with Crippen molar-refractivity contribution in [2.45, 2.75) is 6.04 Å². The topological polar surface area (TPSA) is 102 Å². The number of nitrogens with one attached hydrogen (secondary N) is 1. The second kappa shape index (κ2) is 6.17. The Morgan fingerprint density at radius 1 is 1.26 bits per heavy atom. The van der Waals surface area contributed by atoms with Gasteiger partial charge in [-0.3, -0.25) is 19.6 Å². The minimum atomic E-state index is -0.911. The molecule has 0 saturated carbocycles. The fourth-order valence-electron chi connectivity index (χ4n) is 2.62. The third kappa shape index (κ3) is 3.07. The molecule has 3 rings (SSSR count). The summed E-state index contributed by atoms with van der Waals surface area (Å²) in [6, 6.07) is 6.35. The van der Waals surface area contributed by atoms with E-state index in [-0.39, 0.29) is 12.5 Å². The second-order valence-electron chi connectivity index (χ2n) is 5.50. The molecule has 1 aliphatic heterocycles. The number of nitrogens with zero attached hydrogens (tertiary/aromatic N) is 4. The van der Waals surface area contributed by atoms with Gasteiger partial charge in [-0.1, -0.05) is 12.1 Å². The summed E-state index contributed by atoms with van der Waals surface area (Å²) in [7, 11) is 1.76. The Morgan fingerprint density at radius 2 is 2.00 bits per heavy atom. The van der Waals surface area contributed by atoms with Crippen molar-refractivity contribution in [3.63, 3.8) is 0 Å². The summed E-state index contributed by atoms with van der Waals surface area (Å²) in [6.07, 6.45) is 1.42.